The number of aromatic hydroxyl groups is 1. The summed E-state index contributed by atoms with van der Waals surface area (Å²) in [5.41, 5.74) is 0.658. The quantitative estimate of drug-likeness (QED) is 0.857. The molecule has 1 aliphatic carbocycles. The standard InChI is InChI=1S/C14H19NO5S/c1-15(9-10-4-2-5-11(16)8-10)21(19,20)13-7-3-6-12(13)14(17)18/h2,4-5,8,12-13,16H,3,6-7,9H2,1H3,(H,17,18). The van der Waals surface area contributed by atoms with Gasteiger partial charge in [-0.3, -0.25) is 4.79 Å². The predicted molar refractivity (Wildman–Crippen MR) is 77.3 cm³/mol. The SMILES string of the molecule is CN(Cc1cccc(O)c1)S(=O)(=O)C1CCCC1C(=O)O. The molecule has 0 aliphatic heterocycles. The summed E-state index contributed by atoms with van der Waals surface area (Å²) < 4.78 is 26.2. The van der Waals surface area contributed by atoms with Crippen molar-refractivity contribution in [1.82, 2.24) is 4.31 Å². The Morgan fingerprint density at radius 1 is 1.38 bits per heavy atom. The molecule has 2 N–H and O–H groups in total. The number of sulfonamides is 1. The number of carbonyl (C=O) groups is 1. The van der Waals surface area contributed by atoms with Crippen LogP contribution in [0.15, 0.2) is 24.3 Å². The van der Waals surface area contributed by atoms with Gasteiger partial charge in [0.15, 0.2) is 0 Å². The predicted octanol–water partition coefficient (Wildman–Crippen LogP) is 1.41. The Hall–Kier alpha value is -1.60. The zero-order valence-electron chi connectivity index (χ0n) is 11.8. The van der Waals surface area contributed by atoms with Crippen LogP contribution in [-0.4, -0.2) is 41.2 Å². The number of aliphatic carboxylic acids is 1. The minimum atomic E-state index is -3.67. The molecule has 0 amide bonds. The van der Waals surface area contributed by atoms with E-state index in [4.69, 9.17) is 5.11 Å². The molecule has 1 aliphatic rings. The number of phenolic OH excluding ortho intramolecular Hbond substituents is 1. The van der Waals surface area contributed by atoms with E-state index in [-0.39, 0.29) is 12.3 Å². The fraction of sp³-hybridized carbons (Fsp3) is 0.500. The molecule has 1 aromatic rings. The van der Waals surface area contributed by atoms with Crippen LogP contribution in [-0.2, 0) is 21.4 Å². The van der Waals surface area contributed by atoms with Gasteiger partial charge in [-0.2, -0.15) is 0 Å². The highest BCUT2D eigenvalue weighted by Crippen LogP contribution is 2.33. The molecule has 0 heterocycles. The van der Waals surface area contributed by atoms with E-state index in [1.54, 1.807) is 12.1 Å². The highest BCUT2D eigenvalue weighted by Gasteiger charge is 2.43. The van der Waals surface area contributed by atoms with Gasteiger partial charge in [-0.1, -0.05) is 18.6 Å². The fourth-order valence-corrected chi connectivity index (χ4v) is 4.72. The number of hydrogen-bond donors (Lipinski definition) is 2. The van der Waals surface area contributed by atoms with Gasteiger partial charge >= 0.3 is 5.97 Å². The van der Waals surface area contributed by atoms with Crippen LogP contribution < -0.4 is 0 Å². The average Bonchev–Trinajstić information content (AvgIpc) is 2.88. The normalized spacial score (nSPS) is 22.6. The van der Waals surface area contributed by atoms with Crippen LogP contribution in [0.2, 0.25) is 0 Å². The van der Waals surface area contributed by atoms with Gasteiger partial charge in [-0.15, -0.1) is 0 Å². The van der Waals surface area contributed by atoms with Crippen molar-refractivity contribution in [2.75, 3.05) is 7.05 Å². The Bertz CT molecular complexity index is 628. The zero-order chi connectivity index (χ0) is 15.6. The Morgan fingerprint density at radius 3 is 2.71 bits per heavy atom. The molecule has 0 bridgehead atoms. The van der Waals surface area contributed by atoms with Gasteiger partial charge in [0, 0.05) is 13.6 Å². The number of carboxylic acid groups (broad SMARTS) is 1. The molecule has 0 saturated heterocycles. The molecule has 116 valence electrons. The summed E-state index contributed by atoms with van der Waals surface area (Å²) in [4.78, 5) is 11.2. The molecule has 2 rings (SSSR count). The van der Waals surface area contributed by atoms with Crippen molar-refractivity contribution < 1.29 is 23.4 Å². The summed E-state index contributed by atoms with van der Waals surface area (Å²) in [5.74, 6) is -1.81. The number of benzene rings is 1. The minimum Gasteiger partial charge on any atom is -0.508 e. The van der Waals surface area contributed by atoms with Crippen molar-refractivity contribution in [3.63, 3.8) is 0 Å². The smallest absolute Gasteiger partial charge is 0.307 e. The molecule has 2 unspecified atom stereocenters. The lowest BCUT2D eigenvalue weighted by Gasteiger charge is -2.24. The maximum Gasteiger partial charge on any atom is 0.307 e. The summed E-state index contributed by atoms with van der Waals surface area (Å²) in [7, 11) is -2.23. The van der Waals surface area contributed by atoms with Crippen LogP contribution >= 0.6 is 0 Å². The monoisotopic (exact) mass is 313 g/mol. The lowest BCUT2D eigenvalue weighted by molar-refractivity contribution is -0.141. The number of hydrogen-bond acceptors (Lipinski definition) is 4. The molecule has 1 aromatic carbocycles. The molecule has 21 heavy (non-hydrogen) atoms. The zero-order valence-corrected chi connectivity index (χ0v) is 12.6. The summed E-state index contributed by atoms with van der Waals surface area (Å²) >= 11 is 0. The second-order valence-electron chi connectivity index (χ2n) is 5.38. The van der Waals surface area contributed by atoms with Gasteiger partial charge < -0.3 is 10.2 Å². The minimum absolute atomic E-state index is 0.0718. The van der Waals surface area contributed by atoms with E-state index >= 15 is 0 Å². The Labute approximate surface area is 124 Å². The van der Waals surface area contributed by atoms with Crippen LogP contribution in [0, 0.1) is 5.92 Å². The molecule has 1 saturated carbocycles. The maximum absolute atomic E-state index is 12.5. The molecule has 7 heteroatoms. The summed E-state index contributed by atoms with van der Waals surface area (Å²) in [5, 5.41) is 17.7. The van der Waals surface area contributed by atoms with E-state index < -0.39 is 27.2 Å². The van der Waals surface area contributed by atoms with E-state index in [0.29, 0.717) is 24.8 Å². The van der Waals surface area contributed by atoms with Crippen LogP contribution in [0.5, 0.6) is 5.75 Å². The molecule has 0 aromatic heterocycles. The second-order valence-corrected chi connectivity index (χ2v) is 7.64. The second kappa shape index (κ2) is 6.03. The van der Waals surface area contributed by atoms with Crippen molar-refractivity contribution >= 4 is 16.0 Å². The number of rotatable bonds is 5. The molecule has 0 spiro atoms. The van der Waals surface area contributed by atoms with E-state index in [9.17, 15) is 18.3 Å². The fourth-order valence-electron chi connectivity index (χ4n) is 2.80. The number of nitrogens with zero attached hydrogens (tertiary/aromatic N) is 1. The number of phenols is 1. The van der Waals surface area contributed by atoms with Crippen molar-refractivity contribution in [3.8, 4) is 5.75 Å². The molecule has 2 atom stereocenters. The Kier molecular flexibility index (Phi) is 4.53. The Morgan fingerprint density at radius 2 is 2.10 bits per heavy atom. The van der Waals surface area contributed by atoms with Crippen LogP contribution in [0.1, 0.15) is 24.8 Å². The van der Waals surface area contributed by atoms with E-state index in [1.165, 1.54) is 23.5 Å². The van der Waals surface area contributed by atoms with Gasteiger partial charge in [0.25, 0.3) is 0 Å². The largest absolute Gasteiger partial charge is 0.508 e. The van der Waals surface area contributed by atoms with E-state index in [1.807, 2.05) is 0 Å². The van der Waals surface area contributed by atoms with Crippen molar-refractivity contribution in [3.05, 3.63) is 29.8 Å². The van der Waals surface area contributed by atoms with E-state index in [2.05, 4.69) is 0 Å². The van der Waals surface area contributed by atoms with Crippen LogP contribution in [0.25, 0.3) is 0 Å². The molecular formula is C14H19NO5S. The van der Waals surface area contributed by atoms with Gasteiger partial charge in [-0.05, 0) is 30.5 Å². The first-order valence-corrected chi connectivity index (χ1v) is 8.28. The third-order valence-corrected chi connectivity index (χ3v) is 6.23. The highest BCUT2D eigenvalue weighted by atomic mass is 32.2. The maximum atomic E-state index is 12.5. The van der Waals surface area contributed by atoms with Crippen molar-refractivity contribution in [1.29, 1.82) is 0 Å². The highest BCUT2D eigenvalue weighted by molar-refractivity contribution is 7.89. The Balaban J connectivity index is 2.17. The lowest BCUT2D eigenvalue weighted by Crippen LogP contribution is -2.39. The molecular weight excluding hydrogens is 294 g/mol. The molecule has 6 nitrogen and oxygen atoms in total. The number of carboxylic acids is 1. The van der Waals surface area contributed by atoms with Crippen molar-refractivity contribution in [2.24, 2.45) is 5.92 Å². The molecule has 1 fully saturated rings. The first-order valence-electron chi connectivity index (χ1n) is 6.78. The van der Waals surface area contributed by atoms with Gasteiger partial charge in [0.2, 0.25) is 10.0 Å². The first kappa shape index (κ1) is 15.8. The van der Waals surface area contributed by atoms with E-state index in [0.717, 1.165) is 0 Å². The van der Waals surface area contributed by atoms with Crippen LogP contribution in [0.3, 0.4) is 0 Å². The van der Waals surface area contributed by atoms with Crippen molar-refractivity contribution in [2.45, 2.75) is 31.1 Å². The van der Waals surface area contributed by atoms with Gasteiger partial charge in [0.05, 0.1) is 11.2 Å². The molecule has 0 radical (unpaired) electrons. The van der Waals surface area contributed by atoms with Gasteiger partial charge in [0.1, 0.15) is 5.75 Å². The average molecular weight is 313 g/mol. The topological polar surface area (TPSA) is 94.9 Å². The lowest BCUT2D eigenvalue weighted by atomic mass is 10.1. The summed E-state index contributed by atoms with van der Waals surface area (Å²) in [6.07, 6.45) is 1.39. The third kappa shape index (κ3) is 3.36. The summed E-state index contributed by atoms with van der Waals surface area (Å²) in [6, 6.07) is 6.36. The third-order valence-electron chi connectivity index (χ3n) is 3.90. The summed E-state index contributed by atoms with van der Waals surface area (Å²) in [6.45, 7) is 0.111. The van der Waals surface area contributed by atoms with Crippen LogP contribution in [0.4, 0.5) is 0 Å². The first-order chi connectivity index (χ1) is 9.82. The van der Waals surface area contributed by atoms with Gasteiger partial charge in [-0.25, -0.2) is 12.7 Å².